The van der Waals surface area contributed by atoms with E-state index in [1.807, 2.05) is 0 Å². The number of carbonyl (C=O) groups is 1. The molecule has 0 unspecified atom stereocenters. The lowest BCUT2D eigenvalue weighted by Crippen LogP contribution is -2.43. The van der Waals surface area contributed by atoms with Gasteiger partial charge in [0, 0.05) is 17.3 Å². The first kappa shape index (κ1) is 14.5. The van der Waals surface area contributed by atoms with Gasteiger partial charge in [0.1, 0.15) is 11.6 Å². The molecule has 2 aromatic rings. The Morgan fingerprint density at radius 1 is 1.05 bits per heavy atom. The summed E-state index contributed by atoms with van der Waals surface area (Å²) >= 11 is 5.81. The minimum atomic E-state index is -0.716. The van der Waals surface area contributed by atoms with Crippen molar-refractivity contribution >= 4 is 29.0 Å². The molecular formula is C16H11ClF2N2O. The highest BCUT2D eigenvalue weighted by molar-refractivity contribution is 6.30. The molecule has 0 bridgehead atoms. The van der Waals surface area contributed by atoms with Gasteiger partial charge >= 0.3 is 6.03 Å². The molecule has 2 amide bonds. The number of benzene rings is 2. The molecular weight excluding hydrogens is 310 g/mol. The summed E-state index contributed by atoms with van der Waals surface area (Å²) in [5.74, 6) is -1.43. The van der Waals surface area contributed by atoms with Gasteiger partial charge in [0.15, 0.2) is 0 Å². The molecule has 0 aliphatic carbocycles. The van der Waals surface area contributed by atoms with E-state index in [1.165, 1.54) is 11.0 Å². The van der Waals surface area contributed by atoms with E-state index < -0.39 is 17.7 Å². The van der Waals surface area contributed by atoms with Crippen LogP contribution < -0.4 is 10.2 Å². The molecule has 3 nitrogen and oxygen atoms in total. The molecule has 0 atom stereocenters. The Hall–Kier alpha value is -2.40. The van der Waals surface area contributed by atoms with Crippen molar-refractivity contribution in [2.75, 3.05) is 11.4 Å². The SMILES string of the molecule is O=C1NC(c2c(F)cccc2F)=CCN1c1ccc(Cl)cc1. The molecule has 0 radical (unpaired) electrons. The normalized spacial score (nSPS) is 14.6. The van der Waals surface area contributed by atoms with Gasteiger partial charge in [-0.25, -0.2) is 13.6 Å². The molecule has 2 aromatic carbocycles. The van der Waals surface area contributed by atoms with Gasteiger partial charge in [-0.05, 0) is 42.5 Å². The van der Waals surface area contributed by atoms with Crippen molar-refractivity contribution < 1.29 is 13.6 Å². The molecule has 0 saturated heterocycles. The number of hydrogen-bond acceptors (Lipinski definition) is 1. The zero-order valence-corrected chi connectivity index (χ0v) is 12.1. The molecule has 6 heteroatoms. The highest BCUT2D eigenvalue weighted by atomic mass is 35.5. The van der Waals surface area contributed by atoms with Crippen molar-refractivity contribution in [1.29, 1.82) is 0 Å². The summed E-state index contributed by atoms with van der Waals surface area (Å²) < 4.78 is 27.5. The minimum absolute atomic E-state index is 0.130. The van der Waals surface area contributed by atoms with Gasteiger partial charge in [0.2, 0.25) is 0 Å². The lowest BCUT2D eigenvalue weighted by atomic mass is 10.1. The molecule has 0 saturated carbocycles. The maximum Gasteiger partial charge on any atom is 0.326 e. The standard InChI is InChI=1S/C16H11ClF2N2O/c17-10-4-6-11(7-5-10)21-9-8-14(20-16(21)22)15-12(18)2-1-3-13(15)19/h1-8H,9H2,(H,20,22). The number of amides is 2. The smallest absolute Gasteiger partial charge is 0.307 e. The highest BCUT2D eigenvalue weighted by Gasteiger charge is 2.24. The molecule has 0 spiro atoms. The van der Waals surface area contributed by atoms with E-state index >= 15 is 0 Å². The van der Waals surface area contributed by atoms with Crippen molar-refractivity contribution in [3.05, 3.63) is 70.8 Å². The van der Waals surface area contributed by atoms with E-state index in [0.717, 1.165) is 12.1 Å². The highest BCUT2D eigenvalue weighted by Crippen LogP contribution is 2.25. The predicted molar refractivity (Wildman–Crippen MR) is 81.7 cm³/mol. The molecule has 22 heavy (non-hydrogen) atoms. The van der Waals surface area contributed by atoms with Crippen LogP contribution >= 0.6 is 11.6 Å². The number of anilines is 1. The average molecular weight is 321 g/mol. The first-order chi connectivity index (χ1) is 10.6. The lowest BCUT2D eigenvalue weighted by molar-refractivity contribution is 0.250. The van der Waals surface area contributed by atoms with Gasteiger partial charge in [-0.3, -0.25) is 4.90 Å². The third kappa shape index (κ3) is 2.67. The fraction of sp³-hybridized carbons (Fsp3) is 0.0625. The number of urea groups is 1. The monoisotopic (exact) mass is 320 g/mol. The van der Waals surface area contributed by atoms with Crippen molar-refractivity contribution in [3.63, 3.8) is 0 Å². The van der Waals surface area contributed by atoms with Crippen molar-refractivity contribution in [1.82, 2.24) is 5.32 Å². The van der Waals surface area contributed by atoms with E-state index in [4.69, 9.17) is 11.6 Å². The molecule has 0 fully saturated rings. The van der Waals surface area contributed by atoms with Crippen molar-refractivity contribution in [2.24, 2.45) is 0 Å². The Bertz CT molecular complexity index is 739. The Balaban J connectivity index is 1.91. The van der Waals surface area contributed by atoms with Gasteiger partial charge in [-0.2, -0.15) is 0 Å². The van der Waals surface area contributed by atoms with Crippen LogP contribution in [0, 0.1) is 11.6 Å². The summed E-state index contributed by atoms with van der Waals surface area (Å²) in [6.45, 7) is 0.205. The van der Waals surface area contributed by atoms with E-state index in [2.05, 4.69) is 5.32 Å². The third-order valence-electron chi connectivity index (χ3n) is 3.34. The number of nitrogens with zero attached hydrogens (tertiary/aromatic N) is 1. The fourth-order valence-corrected chi connectivity index (χ4v) is 2.39. The van der Waals surface area contributed by atoms with Crippen LogP contribution in [-0.2, 0) is 0 Å². The summed E-state index contributed by atoms with van der Waals surface area (Å²) in [6, 6.07) is 9.85. The van der Waals surface area contributed by atoms with Crippen LogP contribution in [-0.4, -0.2) is 12.6 Å². The van der Waals surface area contributed by atoms with Crippen LogP contribution in [0.3, 0.4) is 0 Å². The molecule has 1 N–H and O–H groups in total. The second-order valence-electron chi connectivity index (χ2n) is 4.73. The van der Waals surface area contributed by atoms with Crippen LogP contribution in [0.4, 0.5) is 19.3 Å². The zero-order valence-electron chi connectivity index (χ0n) is 11.3. The number of carbonyl (C=O) groups excluding carboxylic acids is 1. The molecule has 1 aliphatic heterocycles. The molecule has 1 heterocycles. The molecule has 1 aliphatic rings. The first-order valence-corrected chi connectivity index (χ1v) is 6.92. The van der Waals surface area contributed by atoms with Gasteiger partial charge in [0.25, 0.3) is 0 Å². The predicted octanol–water partition coefficient (Wildman–Crippen LogP) is 4.19. The van der Waals surface area contributed by atoms with Gasteiger partial charge < -0.3 is 5.32 Å². The summed E-state index contributed by atoms with van der Waals surface area (Å²) in [5, 5.41) is 3.07. The fourth-order valence-electron chi connectivity index (χ4n) is 2.26. The van der Waals surface area contributed by atoms with E-state index in [1.54, 1.807) is 30.3 Å². The molecule has 3 rings (SSSR count). The third-order valence-corrected chi connectivity index (χ3v) is 3.59. The number of halogens is 3. The molecule has 112 valence electrons. The average Bonchev–Trinajstić information content (AvgIpc) is 2.48. The number of rotatable bonds is 2. The van der Waals surface area contributed by atoms with Crippen LogP contribution in [0.2, 0.25) is 5.02 Å². The van der Waals surface area contributed by atoms with Gasteiger partial charge in [0.05, 0.1) is 11.3 Å². The van der Waals surface area contributed by atoms with Crippen molar-refractivity contribution in [3.8, 4) is 0 Å². The lowest BCUT2D eigenvalue weighted by Gasteiger charge is -2.27. The second kappa shape index (κ2) is 5.77. The van der Waals surface area contributed by atoms with Crippen LogP contribution in [0.5, 0.6) is 0 Å². The number of nitrogens with one attached hydrogen (secondary N) is 1. The van der Waals surface area contributed by atoms with Gasteiger partial charge in [-0.1, -0.05) is 17.7 Å². The maximum atomic E-state index is 13.8. The summed E-state index contributed by atoms with van der Waals surface area (Å²) in [4.78, 5) is 13.6. The van der Waals surface area contributed by atoms with E-state index in [0.29, 0.717) is 10.7 Å². The maximum absolute atomic E-state index is 13.8. The Morgan fingerprint density at radius 3 is 2.27 bits per heavy atom. The van der Waals surface area contributed by atoms with Crippen LogP contribution in [0.1, 0.15) is 5.56 Å². The second-order valence-corrected chi connectivity index (χ2v) is 5.17. The minimum Gasteiger partial charge on any atom is -0.307 e. The topological polar surface area (TPSA) is 32.3 Å². The number of hydrogen-bond donors (Lipinski definition) is 1. The first-order valence-electron chi connectivity index (χ1n) is 6.55. The Labute approximate surface area is 130 Å². The van der Waals surface area contributed by atoms with Crippen LogP contribution in [0.15, 0.2) is 48.5 Å². The van der Waals surface area contributed by atoms with E-state index in [-0.39, 0.29) is 17.8 Å². The Morgan fingerprint density at radius 2 is 1.68 bits per heavy atom. The van der Waals surface area contributed by atoms with Gasteiger partial charge in [-0.15, -0.1) is 0 Å². The molecule has 0 aromatic heterocycles. The quantitative estimate of drug-likeness (QED) is 0.884. The zero-order chi connectivity index (χ0) is 15.7. The summed E-state index contributed by atoms with van der Waals surface area (Å²) in [6.07, 6.45) is 1.57. The summed E-state index contributed by atoms with van der Waals surface area (Å²) in [7, 11) is 0. The van der Waals surface area contributed by atoms with E-state index in [9.17, 15) is 13.6 Å². The van der Waals surface area contributed by atoms with Crippen molar-refractivity contribution in [2.45, 2.75) is 0 Å². The largest absolute Gasteiger partial charge is 0.326 e. The van der Waals surface area contributed by atoms with Crippen LogP contribution in [0.25, 0.3) is 5.70 Å². The summed E-state index contributed by atoms with van der Waals surface area (Å²) in [5.41, 5.74) is 0.545. The Kier molecular flexibility index (Phi) is 3.81.